The fourth-order valence-electron chi connectivity index (χ4n) is 2.12. The zero-order valence-corrected chi connectivity index (χ0v) is 12.6. The third-order valence-electron chi connectivity index (χ3n) is 3.24. The summed E-state index contributed by atoms with van der Waals surface area (Å²) in [5, 5.41) is 0. The molecule has 4 nitrogen and oxygen atoms in total. The van der Waals surface area contributed by atoms with Crippen molar-refractivity contribution in [1.29, 1.82) is 0 Å². The minimum Gasteiger partial charge on any atom is -0.362 e. The molecule has 2 rings (SSSR count). The lowest BCUT2D eigenvalue weighted by atomic mass is 10.2. The Morgan fingerprint density at radius 2 is 1.85 bits per heavy atom. The SMILES string of the molecule is Cc1cc(CNS(=O)(=O)CCc2ccccc2)c(C)[nH]1. The summed E-state index contributed by atoms with van der Waals surface area (Å²) in [6.45, 7) is 4.24. The van der Waals surface area contributed by atoms with Crippen LogP contribution >= 0.6 is 0 Å². The Kier molecular flexibility index (Phi) is 4.62. The molecule has 0 fully saturated rings. The minimum atomic E-state index is -3.25. The Balaban J connectivity index is 1.90. The molecule has 0 bridgehead atoms. The maximum absolute atomic E-state index is 12.0. The summed E-state index contributed by atoms with van der Waals surface area (Å²) >= 11 is 0. The summed E-state index contributed by atoms with van der Waals surface area (Å²) in [7, 11) is -3.25. The first-order valence-corrected chi connectivity index (χ1v) is 8.28. The molecule has 0 spiro atoms. The van der Waals surface area contributed by atoms with Gasteiger partial charge in [-0.2, -0.15) is 0 Å². The molecule has 20 heavy (non-hydrogen) atoms. The number of aromatic amines is 1. The second kappa shape index (κ2) is 6.24. The van der Waals surface area contributed by atoms with Gasteiger partial charge >= 0.3 is 0 Å². The molecule has 0 aliphatic rings. The van der Waals surface area contributed by atoms with Crippen molar-refractivity contribution in [3.05, 3.63) is 58.9 Å². The van der Waals surface area contributed by atoms with E-state index in [1.165, 1.54) is 0 Å². The summed E-state index contributed by atoms with van der Waals surface area (Å²) in [6.07, 6.45) is 0.529. The molecule has 0 atom stereocenters. The summed E-state index contributed by atoms with van der Waals surface area (Å²) < 4.78 is 26.6. The van der Waals surface area contributed by atoms with E-state index in [-0.39, 0.29) is 5.75 Å². The van der Waals surface area contributed by atoms with Crippen molar-refractivity contribution in [2.45, 2.75) is 26.8 Å². The Hall–Kier alpha value is -1.59. The molecule has 0 aliphatic carbocycles. The summed E-state index contributed by atoms with van der Waals surface area (Å²) in [6, 6.07) is 11.6. The zero-order chi connectivity index (χ0) is 14.6. The van der Waals surface area contributed by atoms with E-state index in [2.05, 4.69) is 9.71 Å². The first kappa shape index (κ1) is 14.8. The van der Waals surface area contributed by atoms with Crippen LogP contribution in [0.15, 0.2) is 36.4 Å². The Morgan fingerprint density at radius 3 is 2.45 bits per heavy atom. The van der Waals surface area contributed by atoms with E-state index in [1.54, 1.807) is 0 Å². The quantitative estimate of drug-likeness (QED) is 0.858. The summed E-state index contributed by atoms with van der Waals surface area (Å²) in [5.41, 5.74) is 4.08. The first-order chi connectivity index (χ1) is 9.46. The van der Waals surface area contributed by atoms with Crippen molar-refractivity contribution in [2.75, 3.05) is 5.75 Å². The van der Waals surface area contributed by atoms with Crippen molar-refractivity contribution < 1.29 is 8.42 Å². The van der Waals surface area contributed by atoms with Crippen LogP contribution in [0.3, 0.4) is 0 Å². The highest BCUT2D eigenvalue weighted by atomic mass is 32.2. The Bertz CT molecular complexity index is 660. The standard InChI is InChI=1S/C15H20N2O2S/c1-12-10-15(13(2)17-12)11-16-20(18,19)9-8-14-6-4-3-5-7-14/h3-7,10,16-17H,8-9,11H2,1-2H3. The molecular weight excluding hydrogens is 272 g/mol. The third-order valence-corrected chi connectivity index (χ3v) is 4.57. The smallest absolute Gasteiger partial charge is 0.212 e. The fourth-order valence-corrected chi connectivity index (χ4v) is 3.15. The highest BCUT2D eigenvalue weighted by Crippen LogP contribution is 2.09. The molecule has 0 aliphatic heterocycles. The minimum absolute atomic E-state index is 0.111. The van der Waals surface area contributed by atoms with Crippen molar-refractivity contribution in [3.63, 3.8) is 0 Å². The van der Waals surface area contributed by atoms with E-state index in [4.69, 9.17) is 0 Å². The normalized spacial score (nSPS) is 11.7. The summed E-state index contributed by atoms with van der Waals surface area (Å²) in [4.78, 5) is 3.17. The van der Waals surface area contributed by atoms with E-state index < -0.39 is 10.0 Å². The van der Waals surface area contributed by atoms with E-state index >= 15 is 0 Å². The maximum atomic E-state index is 12.0. The van der Waals surface area contributed by atoms with E-state index in [0.29, 0.717) is 13.0 Å². The highest BCUT2D eigenvalue weighted by molar-refractivity contribution is 7.89. The summed E-state index contributed by atoms with van der Waals surface area (Å²) in [5.74, 6) is 0.111. The maximum Gasteiger partial charge on any atom is 0.212 e. The van der Waals surface area contributed by atoms with Crippen LogP contribution in [0.4, 0.5) is 0 Å². The van der Waals surface area contributed by atoms with Gasteiger partial charge in [-0.1, -0.05) is 30.3 Å². The van der Waals surface area contributed by atoms with E-state index in [1.807, 2.05) is 50.2 Å². The van der Waals surface area contributed by atoms with Gasteiger partial charge in [0.1, 0.15) is 0 Å². The molecule has 0 saturated carbocycles. The molecule has 1 aromatic heterocycles. The molecule has 0 radical (unpaired) electrons. The molecule has 0 unspecified atom stereocenters. The van der Waals surface area contributed by atoms with Gasteiger partial charge in [0.15, 0.2) is 0 Å². The molecule has 0 amide bonds. The van der Waals surface area contributed by atoms with Crippen LogP contribution in [0.2, 0.25) is 0 Å². The van der Waals surface area contributed by atoms with Crippen LogP contribution in [0.1, 0.15) is 22.5 Å². The van der Waals surface area contributed by atoms with Crippen LogP contribution in [-0.2, 0) is 23.0 Å². The number of rotatable bonds is 6. The fraction of sp³-hybridized carbons (Fsp3) is 0.333. The number of aryl methyl sites for hydroxylation is 3. The molecule has 0 saturated heterocycles. The topological polar surface area (TPSA) is 62.0 Å². The van der Waals surface area contributed by atoms with E-state index in [0.717, 1.165) is 22.5 Å². The van der Waals surface area contributed by atoms with Crippen LogP contribution in [0.5, 0.6) is 0 Å². The predicted molar refractivity (Wildman–Crippen MR) is 81.0 cm³/mol. The third kappa shape index (κ3) is 4.21. The molecular formula is C15H20N2O2S. The monoisotopic (exact) mass is 292 g/mol. The second-order valence-corrected chi connectivity index (χ2v) is 6.90. The Morgan fingerprint density at radius 1 is 1.15 bits per heavy atom. The largest absolute Gasteiger partial charge is 0.362 e. The average Bonchev–Trinajstić information content (AvgIpc) is 2.74. The van der Waals surface area contributed by atoms with Crippen LogP contribution in [0.25, 0.3) is 0 Å². The van der Waals surface area contributed by atoms with Crippen molar-refractivity contribution in [3.8, 4) is 0 Å². The van der Waals surface area contributed by atoms with Gasteiger partial charge in [0.25, 0.3) is 0 Å². The van der Waals surface area contributed by atoms with Gasteiger partial charge < -0.3 is 4.98 Å². The van der Waals surface area contributed by atoms with Gasteiger partial charge in [-0.25, -0.2) is 13.1 Å². The first-order valence-electron chi connectivity index (χ1n) is 6.62. The van der Waals surface area contributed by atoms with Gasteiger partial charge in [0.05, 0.1) is 5.75 Å². The number of hydrogen-bond acceptors (Lipinski definition) is 2. The number of aromatic nitrogens is 1. The molecule has 2 aromatic rings. The van der Waals surface area contributed by atoms with Gasteiger partial charge in [0.2, 0.25) is 10.0 Å². The number of hydrogen-bond donors (Lipinski definition) is 2. The van der Waals surface area contributed by atoms with Gasteiger partial charge in [-0.05, 0) is 37.5 Å². The highest BCUT2D eigenvalue weighted by Gasteiger charge is 2.11. The van der Waals surface area contributed by atoms with Crippen LogP contribution in [-0.4, -0.2) is 19.2 Å². The number of benzene rings is 1. The molecule has 2 N–H and O–H groups in total. The van der Waals surface area contributed by atoms with Gasteiger partial charge in [0, 0.05) is 17.9 Å². The molecule has 5 heteroatoms. The lowest BCUT2D eigenvalue weighted by Crippen LogP contribution is -2.27. The lowest BCUT2D eigenvalue weighted by molar-refractivity contribution is 0.580. The second-order valence-electron chi connectivity index (χ2n) is 4.98. The van der Waals surface area contributed by atoms with E-state index in [9.17, 15) is 8.42 Å². The lowest BCUT2D eigenvalue weighted by Gasteiger charge is -2.06. The van der Waals surface area contributed by atoms with Crippen molar-refractivity contribution in [2.24, 2.45) is 0 Å². The zero-order valence-electron chi connectivity index (χ0n) is 11.8. The van der Waals surface area contributed by atoms with Crippen LogP contribution < -0.4 is 4.72 Å². The predicted octanol–water partition coefficient (Wildman–Crippen LogP) is 2.29. The molecule has 1 heterocycles. The van der Waals surface area contributed by atoms with Gasteiger partial charge in [-0.3, -0.25) is 0 Å². The molecule has 108 valence electrons. The number of H-pyrrole nitrogens is 1. The molecule has 1 aromatic carbocycles. The van der Waals surface area contributed by atoms with Crippen LogP contribution in [0, 0.1) is 13.8 Å². The Labute approximate surface area is 120 Å². The number of sulfonamides is 1. The van der Waals surface area contributed by atoms with Crippen molar-refractivity contribution in [1.82, 2.24) is 9.71 Å². The average molecular weight is 292 g/mol. The van der Waals surface area contributed by atoms with Gasteiger partial charge in [-0.15, -0.1) is 0 Å². The van der Waals surface area contributed by atoms with Crippen molar-refractivity contribution >= 4 is 10.0 Å². The number of nitrogens with one attached hydrogen (secondary N) is 2.